The summed E-state index contributed by atoms with van der Waals surface area (Å²) in [6.07, 6.45) is 2.53. The lowest BCUT2D eigenvalue weighted by Gasteiger charge is -2.50. The van der Waals surface area contributed by atoms with Gasteiger partial charge in [-0.2, -0.15) is 5.01 Å². The zero-order valence-electron chi connectivity index (χ0n) is 24.6. The zero-order valence-corrected chi connectivity index (χ0v) is 24.6. The number of benzene rings is 4. The normalized spacial score (nSPS) is 28.8. The van der Waals surface area contributed by atoms with Crippen LogP contribution in [0, 0.1) is 30.6 Å². The highest BCUT2D eigenvalue weighted by molar-refractivity contribution is 6.13. The molecule has 6 unspecified atom stereocenters. The molecule has 8 rings (SSSR count). The molecule has 4 aromatic rings. The molecule has 4 aromatic carbocycles. The van der Waals surface area contributed by atoms with Gasteiger partial charge in [-0.3, -0.25) is 29.9 Å². The Morgan fingerprint density at radius 3 is 2.36 bits per heavy atom. The quantitative estimate of drug-likeness (QED) is 0.222. The van der Waals surface area contributed by atoms with Gasteiger partial charge in [-0.15, -0.1) is 0 Å². The predicted octanol–water partition coefficient (Wildman–Crippen LogP) is 5.13. The Bertz CT molecular complexity index is 1950. The van der Waals surface area contributed by atoms with Gasteiger partial charge in [-0.25, -0.2) is 0 Å². The van der Waals surface area contributed by atoms with Crippen molar-refractivity contribution < 1.29 is 24.3 Å². The van der Waals surface area contributed by atoms with Crippen LogP contribution in [0.4, 0.5) is 5.69 Å². The molecule has 0 radical (unpaired) electrons. The van der Waals surface area contributed by atoms with E-state index >= 15 is 4.79 Å². The zero-order chi connectivity index (χ0) is 31.0. The minimum Gasteiger partial charge on any atom is -0.507 e. The molecule has 0 aromatic heterocycles. The van der Waals surface area contributed by atoms with Crippen molar-refractivity contribution in [2.75, 3.05) is 5.43 Å². The number of fused-ring (bicyclic) bond motifs is 5. The predicted molar refractivity (Wildman–Crippen MR) is 168 cm³/mol. The summed E-state index contributed by atoms with van der Waals surface area (Å²) in [7, 11) is 0. The molecule has 1 saturated carbocycles. The van der Waals surface area contributed by atoms with E-state index < -0.39 is 46.8 Å². The number of hydrazine groups is 1. The fourth-order valence-corrected chi connectivity index (χ4v) is 8.51. The SMILES string of the molecule is Cc1ccc(NN2C(=O)C3CC4C(=CCC5C(=O)NC(=O)C54)C(c4ccc5ccccc5c4O)C3(c3ccccc3)C2=O)cc1. The van der Waals surface area contributed by atoms with Crippen molar-refractivity contribution in [2.24, 2.45) is 23.7 Å². The van der Waals surface area contributed by atoms with Crippen LogP contribution in [0.3, 0.4) is 0 Å². The van der Waals surface area contributed by atoms with Crippen LogP contribution in [-0.4, -0.2) is 33.7 Å². The highest BCUT2D eigenvalue weighted by atomic mass is 16.3. The van der Waals surface area contributed by atoms with Gasteiger partial charge in [-0.05, 0) is 48.8 Å². The Morgan fingerprint density at radius 1 is 0.844 bits per heavy atom. The monoisotopic (exact) mass is 597 g/mol. The van der Waals surface area contributed by atoms with Crippen LogP contribution in [0.2, 0.25) is 0 Å². The fourth-order valence-electron chi connectivity index (χ4n) is 8.51. The first-order valence-electron chi connectivity index (χ1n) is 15.3. The van der Waals surface area contributed by atoms with Crippen molar-refractivity contribution in [3.8, 4) is 5.75 Å². The summed E-state index contributed by atoms with van der Waals surface area (Å²) in [5.41, 5.74) is 5.28. The number of nitrogens with one attached hydrogen (secondary N) is 2. The smallest absolute Gasteiger partial charge is 0.260 e. The summed E-state index contributed by atoms with van der Waals surface area (Å²) in [5.74, 6) is -4.74. The number of rotatable bonds is 4. The van der Waals surface area contributed by atoms with Gasteiger partial charge in [0, 0.05) is 16.9 Å². The third-order valence-corrected chi connectivity index (χ3v) is 10.5. The molecular formula is C37H31N3O5. The van der Waals surface area contributed by atoms with Crippen LogP contribution < -0.4 is 10.7 Å². The number of allylic oxidation sites excluding steroid dienone is 2. The maximum atomic E-state index is 15.1. The fraction of sp³-hybridized carbons (Fsp3) is 0.243. The number of phenols is 1. The number of carbonyl (C=O) groups excluding carboxylic acids is 4. The molecule has 2 aliphatic heterocycles. The van der Waals surface area contributed by atoms with Crippen LogP contribution in [0.25, 0.3) is 10.8 Å². The first-order valence-corrected chi connectivity index (χ1v) is 15.3. The van der Waals surface area contributed by atoms with Gasteiger partial charge >= 0.3 is 0 Å². The van der Waals surface area contributed by atoms with Gasteiger partial charge in [0.25, 0.3) is 11.8 Å². The van der Waals surface area contributed by atoms with Gasteiger partial charge < -0.3 is 5.11 Å². The van der Waals surface area contributed by atoms with Crippen LogP contribution in [0.15, 0.2) is 103 Å². The van der Waals surface area contributed by atoms with Crippen molar-refractivity contribution in [2.45, 2.75) is 31.1 Å². The van der Waals surface area contributed by atoms with Crippen LogP contribution >= 0.6 is 0 Å². The lowest BCUT2D eigenvalue weighted by molar-refractivity contribution is -0.138. The second kappa shape index (κ2) is 9.89. The van der Waals surface area contributed by atoms with E-state index in [9.17, 15) is 19.5 Å². The van der Waals surface area contributed by atoms with Gasteiger partial charge in [0.1, 0.15) is 5.75 Å². The van der Waals surface area contributed by atoms with E-state index in [-0.39, 0.29) is 24.0 Å². The van der Waals surface area contributed by atoms with E-state index in [0.29, 0.717) is 28.6 Å². The molecule has 224 valence electrons. The number of amides is 4. The summed E-state index contributed by atoms with van der Waals surface area (Å²) in [6, 6.07) is 28.0. The number of imide groups is 2. The number of nitrogens with zero attached hydrogens (tertiary/aromatic N) is 1. The molecule has 8 heteroatoms. The molecule has 45 heavy (non-hydrogen) atoms. The highest BCUT2D eigenvalue weighted by Crippen LogP contribution is 2.64. The minimum absolute atomic E-state index is 0.0352. The van der Waals surface area contributed by atoms with Crippen LogP contribution in [-0.2, 0) is 24.6 Å². The van der Waals surface area contributed by atoms with Gasteiger partial charge in [0.2, 0.25) is 11.8 Å². The van der Waals surface area contributed by atoms with E-state index in [4.69, 9.17) is 0 Å². The Morgan fingerprint density at radius 2 is 1.58 bits per heavy atom. The van der Waals surface area contributed by atoms with Gasteiger partial charge in [0.15, 0.2) is 0 Å². The van der Waals surface area contributed by atoms with Gasteiger partial charge in [-0.1, -0.05) is 96.1 Å². The van der Waals surface area contributed by atoms with E-state index in [1.165, 1.54) is 0 Å². The van der Waals surface area contributed by atoms with E-state index in [0.717, 1.165) is 21.5 Å². The topological polar surface area (TPSA) is 116 Å². The van der Waals surface area contributed by atoms with Crippen molar-refractivity contribution in [3.05, 3.63) is 119 Å². The standard InChI is InChI=1S/C37H31N3O5/c1-20-11-14-23(15-12-20)39-40-35(44)29-19-28-25(17-18-26-30(28)34(43)38-33(26)42)31(37(29,36(40)45)22-8-3-2-4-9-22)27-16-13-21-7-5-6-10-24(21)32(27)41/h2-17,26,28-31,39,41H,18-19H2,1H3,(H,38,42,43). The lowest BCUT2D eigenvalue weighted by Crippen LogP contribution is -2.53. The molecule has 8 nitrogen and oxygen atoms in total. The summed E-state index contributed by atoms with van der Waals surface area (Å²) in [4.78, 5) is 55.8. The maximum absolute atomic E-state index is 15.1. The van der Waals surface area contributed by atoms with E-state index in [1.807, 2.05) is 104 Å². The number of aryl methyl sites for hydroxylation is 1. The molecule has 2 saturated heterocycles. The molecule has 0 bridgehead atoms. The largest absolute Gasteiger partial charge is 0.507 e. The molecule has 0 spiro atoms. The number of aromatic hydroxyl groups is 1. The third-order valence-electron chi connectivity index (χ3n) is 10.5. The average molecular weight is 598 g/mol. The first-order chi connectivity index (χ1) is 21.8. The summed E-state index contributed by atoms with van der Waals surface area (Å²) in [6.45, 7) is 1.96. The Hall–Kier alpha value is -5.24. The molecule has 2 aliphatic carbocycles. The minimum atomic E-state index is -1.43. The van der Waals surface area contributed by atoms with Crippen LogP contribution in [0.5, 0.6) is 5.75 Å². The Kier molecular flexibility index (Phi) is 6.00. The third kappa shape index (κ3) is 3.78. The van der Waals surface area contributed by atoms with Crippen molar-refractivity contribution in [1.29, 1.82) is 0 Å². The maximum Gasteiger partial charge on any atom is 0.260 e. The van der Waals surface area contributed by atoms with Gasteiger partial charge in [0.05, 0.1) is 28.9 Å². The molecule has 6 atom stereocenters. The van der Waals surface area contributed by atoms with Crippen molar-refractivity contribution >= 4 is 40.1 Å². The summed E-state index contributed by atoms with van der Waals surface area (Å²) < 4.78 is 0. The highest BCUT2D eigenvalue weighted by Gasteiger charge is 2.70. The number of hydrogen-bond donors (Lipinski definition) is 3. The van der Waals surface area contributed by atoms with E-state index in [2.05, 4.69) is 10.7 Å². The number of phenolic OH excluding ortho intramolecular Hbond substituents is 1. The second-order valence-electron chi connectivity index (χ2n) is 12.7. The number of carbonyl (C=O) groups is 4. The summed E-state index contributed by atoms with van der Waals surface area (Å²) >= 11 is 0. The van der Waals surface area contributed by atoms with Crippen LogP contribution in [0.1, 0.15) is 35.4 Å². The van der Waals surface area contributed by atoms with Crippen molar-refractivity contribution in [3.63, 3.8) is 0 Å². The van der Waals surface area contributed by atoms with Crippen molar-refractivity contribution in [1.82, 2.24) is 10.3 Å². The first kappa shape index (κ1) is 27.3. The second-order valence-corrected chi connectivity index (χ2v) is 12.7. The lowest BCUT2D eigenvalue weighted by atomic mass is 9.49. The average Bonchev–Trinajstić information content (AvgIpc) is 3.47. The molecule has 3 N–H and O–H groups in total. The summed E-state index contributed by atoms with van der Waals surface area (Å²) in [5, 5.41) is 17.1. The van der Waals surface area contributed by atoms with E-state index in [1.54, 1.807) is 0 Å². The molecular weight excluding hydrogens is 566 g/mol. The number of hydrogen-bond acceptors (Lipinski definition) is 6. The molecule has 4 amide bonds. The molecule has 4 aliphatic rings. The molecule has 2 heterocycles. The number of anilines is 1. The Labute approximate surface area is 259 Å². The Balaban J connectivity index is 1.39. The molecule has 3 fully saturated rings.